The van der Waals surface area contributed by atoms with Gasteiger partial charge in [-0.15, -0.1) is 0 Å². The minimum atomic E-state index is -2.40. The van der Waals surface area contributed by atoms with Gasteiger partial charge in [0, 0.05) is 42.4 Å². The summed E-state index contributed by atoms with van der Waals surface area (Å²) in [4.78, 5) is 43.0. The number of aliphatic hydroxyl groups is 4. The molecule has 7 rings (SSSR count). The molecule has 1 aromatic carbocycles. The normalized spacial score (nSPS) is 43.4. The Bertz CT molecular complexity index is 1650. The summed E-state index contributed by atoms with van der Waals surface area (Å²) in [6.07, 6.45) is -1.10. The Hall–Kier alpha value is -2.85. The molecule has 272 valence electrons. The third kappa shape index (κ3) is 5.71. The minimum Gasteiger partial charge on any atom is -0.507 e. The van der Waals surface area contributed by atoms with Crippen LogP contribution in [0.4, 0.5) is 0 Å². The van der Waals surface area contributed by atoms with Crippen LogP contribution < -0.4 is 0 Å². The smallest absolute Gasteiger partial charge is 0.198 e. The molecular weight excluding hydrogens is 652 g/mol. The third-order valence-corrected chi connectivity index (χ3v) is 11.3. The maximum Gasteiger partial charge on any atom is 0.198 e. The van der Waals surface area contributed by atoms with Crippen molar-refractivity contribution in [2.45, 2.75) is 151 Å². The molecule has 0 aromatic heterocycles. The second-order valence-electron chi connectivity index (χ2n) is 15.1. The molecule has 1 aromatic rings. The van der Waals surface area contributed by atoms with E-state index in [1.165, 1.54) is 31.2 Å². The summed E-state index contributed by atoms with van der Waals surface area (Å²) in [7, 11) is 0. The first-order chi connectivity index (χ1) is 23.5. The van der Waals surface area contributed by atoms with Gasteiger partial charge in [0.05, 0.1) is 59.5 Å². The van der Waals surface area contributed by atoms with Crippen molar-refractivity contribution in [2.75, 3.05) is 0 Å². The maximum atomic E-state index is 14.5. The van der Waals surface area contributed by atoms with E-state index in [-0.39, 0.29) is 53.7 Å². The van der Waals surface area contributed by atoms with Crippen LogP contribution in [0, 0.1) is 0 Å². The van der Waals surface area contributed by atoms with Gasteiger partial charge in [0.25, 0.3) is 0 Å². The zero-order valence-electron chi connectivity index (χ0n) is 28.7. The van der Waals surface area contributed by atoms with Crippen molar-refractivity contribution in [3.05, 3.63) is 52.1 Å². The highest BCUT2D eigenvalue weighted by molar-refractivity contribution is 6.32. The molecule has 0 amide bonds. The standard InChI is InChI=1S/C37H46O13/c1-17-23(38)7-11-28(47-17)49-25-9-10-26(46-19(25)3)20-5-6-21-30(32(20)41)33(42)22-13-14-36(45)16-35(4,44)15-27(40)37(36,31(22)34(21)43)50-29-12-8-24(39)18(2)48-29/h5-6,13-14,17-19,23-26,28-29,38-39,41,44-45H,7-12,15-16H2,1-4H3/t17-,18-,19+,23-,24-,25+,26+,28-,29-,35-,36-,37-/m0/s1. The Labute approximate surface area is 289 Å². The molecule has 0 unspecified atom stereocenters. The van der Waals surface area contributed by atoms with Gasteiger partial charge in [0.15, 0.2) is 35.5 Å². The average Bonchev–Trinajstić information content (AvgIpc) is 3.04. The van der Waals surface area contributed by atoms with Crippen LogP contribution >= 0.6 is 0 Å². The molecule has 0 spiro atoms. The van der Waals surface area contributed by atoms with E-state index in [0.717, 1.165) is 0 Å². The van der Waals surface area contributed by atoms with E-state index in [1.54, 1.807) is 13.8 Å². The number of aliphatic hydroxyl groups excluding tert-OH is 2. The van der Waals surface area contributed by atoms with E-state index >= 15 is 0 Å². The number of fused-ring (bicyclic) bond motifs is 3. The van der Waals surface area contributed by atoms with Crippen molar-refractivity contribution in [3.63, 3.8) is 0 Å². The molecule has 5 N–H and O–H groups in total. The van der Waals surface area contributed by atoms with Gasteiger partial charge < -0.3 is 49.2 Å². The number of carbonyl (C=O) groups is 3. The van der Waals surface area contributed by atoms with Gasteiger partial charge in [0.1, 0.15) is 11.4 Å². The zero-order valence-corrected chi connectivity index (χ0v) is 28.7. The van der Waals surface area contributed by atoms with Crippen molar-refractivity contribution < 1.29 is 63.6 Å². The van der Waals surface area contributed by atoms with Gasteiger partial charge in [-0.25, -0.2) is 0 Å². The monoisotopic (exact) mass is 698 g/mol. The van der Waals surface area contributed by atoms with Crippen molar-refractivity contribution >= 4 is 17.3 Å². The van der Waals surface area contributed by atoms with E-state index in [9.17, 15) is 39.9 Å². The number of rotatable bonds is 5. The Morgan fingerprint density at radius 1 is 0.820 bits per heavy atom. The van der Waals surface area contributed by atoms with Crippen LogP contribution in [0.1, 0.15) is 111 Å². The molecule has 4 fully saturated rings. The number of phenols is 1. The molecule has 13 nitrogen and oxygen atoms in total. The first kappa shape index (κ1) is 35.5. The number of hydrogen-bond donors (Lipinski definition) is 5. The molecular formula is C37H46O13. The summed E-state index contributed by atoms with van der Waals surface area (Å²) < 4.78 is 30.5. The molecule has 3 heterocycles. The van der Waals surface area contributed by atoms with Crippen LogP contribution in [-0.4, -0.2) is 109 Å². The predicted molar refractivity (Wildman–Crippen MR) is 173 cm³/mol. The number of carbonyl (C=O) groups excluding carboxylic acids is 3. The molecule has 0 bridgehead atoms. The van der Waals surface area contributed by atoms with Gasteiger partial charge >= 0.3 is 0 Å². The fourth-order valence-electron chi connectivity index (χ4n) is 8.59. The maximum absolute atomic E-state index is 14.5. The van der Waals surface area contributed by atoms with E-state index in [0.29, 0.717) is 31.2 Å². The molecule has 6 aliphatic rings. The number of hydrogen-bond acceptors (Lipinski definition) is 13. The van der Waals surface area contributed by atoms with Crippen LogP contribution in [0.25, 0.3) is 0 Å². The lowest BCUT2D eigenvalue weighted by Crippen LogP contribution is -2.71. The first-order valence-corrected chi connectivity index (χ1v) is 17.6. The molecule has 1 saturated carbocycles. The van der Waals surface area contributed by atoms with Gasteiger partial charge in [-0.05, 0) is 65.5 Å². The molecule has 3 aliphatic carbocycles. The molecule has 3 aliphatic heterocycles. The van der Waals surface area contributed by atoms with Crippen LogP contribution in [0.2, 0.25) is 0 Å². The molecule has 3 saturated heterocycles. The highest BCUT2D eigenvalue weighted by atomic mass is 16.7. The Morgan fingerprint density at radius 2 is 1.48 bits per heavy atom. The van der Waals surface area contributed by atoms with Crippen molar-refractivity contribution in [1.82, 2.24) is 0 Å². The third-order valence-electron chi connectivity index (χ3n) is 11.3. The van der Waals surface area contributed by atoms with E-state index in [1.807, 2.05) is 6.92 Å². The second-order valence-corrected chi connectivity index (χ2v) is 15.1. The molecule has 0 radical (unpaired) electrons. The number of ether oxygens (including phenoxy) is 5. The van der Waals surface area contributed by atoms with Gasteiger partial charge in [-0.1, -0.05) is 12.1 Å². The summed E-state index contributed by atoms with van der Waals surface area (Å²) in [6, 6.07) is 2.94. The first-order valence-electron chi connectivity index (χ1n) is 17.6. The highest BCUT2D eigenvalue weighted by Crippen LogP contribution is 2.54. The lowest BCUT2D eigenvalue weighted by atomic mass is 9.57. The zero-order chi connectivity index (χ0) is 35.9. The predicted octanol–water partition coefficient (Wildman–Crippen LogP) is 2.64. The van der Waals surface area contributed by atoms with Crippen LogP contribution in [0.15, 0.2) is 35.4 Å². The van der Waals surface area contributed by atoms with E-state index in [4.69, 9.17) is 23.7 Å². The van der Waals surface area contributed by atoms with Gasteiger partial charge in [-0.3, -0.25) is 14.4 Å². The quantitative estimate of drug-likeness (QED) is 0.301. The topological polar surface area (TPSA) is 199 Å². The Kier molecular flexibility index (Phi) is 9.01. The number of ketones is 3. The van der Waals surface area contributed by atoms with Crippen molar-refractivity contribution in [1.29, 1.82) is 0 Å². The summed E-state index contributed by atoms with van der Waals surface area (Å²) >= 11 is 0. The summed E-state index contributed by atoms with van der Waals surface area (Å²) in [5, 5.41) is 54.9. The van der Waals surface area contributed by atoms with Crippen LogP contribution in [0.5, 0.6) is 5.75 Å². The number of phenolic OH excluding ortho intramolecular Hbond substituents is 1. The number of allylic oxidation sites excluding steroid dienone is 2. The fraction of sp³-hybridized carbons (Fsp3) is 0.649. The molecule has 13 heteroatoms. The van der Waals surface area contributed by atoms with Crippen LogP contribution in [-0.2, 0) is 28.5 Å². The molecule has 50 heavy (non-hydrogen) atoms. The van der Waals surface area contributed by atoms with E-state index < -0.39 is 89.4 Å². The molecule has 12 atom stereocenters. The number of benzene rings is 1. The average molecular weight is 699 g/mol. The second kappa shape index (κ2) is 12.7. The lowest BCUT2D eigenvalue weighted by molar-refractivity contribution is -0.282. The summed E-state index contributed by atoms with van der Waals surface area (Å²) in [5.74, 6) is -2.73. The fourth-order valence-corrected chi connectivity index (χ4v) is 8.59. The Morgan fingerprint density at radius 3 is 2.14 bits per heavy atom. The summed E-state index contributed by atoms with van der Waals surface area (Å²) in [6.45, 7) is 6.69. The van der Waals surface area contributed by atoms with Gasteiger partial charge in [0.2, 0.25) is 0 Å². The van der Waals surface area contributed by atoms with Crippen molar-refractivity contribution in [2.24, 2.45) is 0 Å². The van der Waals surface area contributed by atoms with Crippen molar-refractivity contribution in [3.8, 4) is 5.75 Å². The number of Topliss-reactive ketones (excluding diaryl/α,β-unsaturated/α-hetero) is 3. The Balaban J connectivity index is 1.20. The highest BCUT2D eigenvalue weighted by Gasteiger charge is 2.69. The minimum absolute atomic E-state index is 0.143. The largest absolute Gasteiger partial charge is 0.507 e. The van der Waals surface area contributed by atoms with Crippen LogP contribution in [0.3, 0.4) is 0 Å². The number of aromatic hydroxyl groups is 1. The van der Waals surface area contributed by atoms with Gasteiger partial charge in [-0.2, -0.15) is 0 Å². The SMILES string of the molecule is C[C@@H]1O[C@@H](O[C@@H]2CC[C@H](c3ccc4c(c3O)C(=O)C3=C(C4=O)[C@@]4(O[C@H]5CC[C@H](O)[C@H](C)O5)C(=O)C[C@](C)(O)C[C@@]4(O)C=C3)O[C@@H]2C)CC[C@@H]1O. The van der Waals surface area contributed by atoms with E-state index in [2.05, 4.69) is 0 Å². The lowest BCUT2D eigenvalue weighted by Gasteiger charge is -2.55. The summed E-state index contributed by atoms with van der Waals surface area (Å²) in [5.41, 5.74) is -6.94.